The summed E-state index contributed by atoms with van der Waals surface area (Å²) in [5.74, 6) is 1.56. The van der Waals surface area contributed by atoms with Crippen molar-refractivity contribution in [3.8, 4) is 11.5 Å². The smallest absolute Gasteiger partial charge is 0.122 e. The lowest BCUT2D eigenvalue weighted by Gasteiger charge is -2.08. The summed E-state index contributed by atoms with van der Waals surface area (Å²) in [7, 11) is 0. The summed E-state index contributed by atoms with van der Waals surface area (Å²) >= 11 is 5.78. The standard InChI is InChI=1S/C14H14ClNO2/c15-11-1-5-13(6-2-11)17-9-10-18-14-7-3-12(16)4-8-14/h1-8H,9-10,16H2. The molecule has 0 heterocycles. The zero-order chi connectivity index (χ0) is 12.8. The van der Waals surface area contributed by atoms with Gasteiger partial charge in [-0.3, -0.25) is 0 Å². The Bertz CT molecular complexity index is 435. The maximum Gasteiger partial charge on any atom is 0.122 e. The van der Waals surface area contributed by atoms with Gasteiger partial charge in [-0.1, -0.05) is 11.6 Å². The van der Waals surface area contributed by atoms with Gasteiger partial charge in [0.25, 0.3) is 0 Å². The molecule has 0 aliphatic heterocycles. The van der Waals surface area contributed by atoms with Crippen molar-refractivity contribution >= 4 is 17.3 Å². The van der Waals surface area contributed by atoms with Crippen molar-refractivity contribution in [2.45, 2.75) is 0 Å². The van der Waals surface area contributed by atoms with Gasteiger partial charge in [0.1, 0.15) is 24.7 Å². The lowest BCUT2D eigenvalue weighted by Crippen LogP contribution is -2.08. The van der Waals surface area contributed by atoms with Crippen LogP contribution < -0.4 is 15.2 Å². The van der Waals surface area contributed by atoms with Gasteiger partial charge in [-0.25, -0.2) is 0 Å². The number of ether oxygens (including phenoxy) is 2. The highest BCUT2D eigenvalue weighted by atomic mass is 35.5. The first kappa shape index (κ1) is 12.6. The molecule has 0 aromatic heterocycles. The molecule has 2 aromatic carbocycles. The van der Waals surface area contributed by atoms with Crippen LogP contribution in [-0.2, 0) is 0 Å². The fourth-order valence-corrected chi connectivity index (χ4v) is 1.54. The second-order valence-electron chi connectivity index (χ2n) is 3.72. The molecule has 0 saturated heterocycles. The first-order chi connectivity index (χ1) is 8.74. The summed E-state index contributed by atoms with van der Waals surface area (Å²) < 4.78 is 11.0. The Labute approximate surface area is 111 Å². The molecule has 3 nitrogen and oxygen atoms in total. The summed E-state index contributed by atoms with van der Waals surface area (Å²) in [6.45, 7) is 0.957. The van der Waals surface area contributed by atoms with E-state index < -0.39 is 0 Å². The number of rotatable bonds is 5. The van der Waals surface area contributed by atoms with Crippen LogP contribution in [0.1, 0.15) is 0 Å². The molecule has 0 aliphatic rings. The topological polar surface area (TPSA) is 44.5 Å². The van der Waals surface area contributed by atoms with E-state index in [-0.39, 0.29) is 0 Å². The van der Waals surface area contributed by atoms with Crippen LogP contribution >= 0.6 is 11.6 Å². The van der Waals surface area contributed by atoms with Gasteiger partial charge in [0, 0.05) is 10.7 Å². The maximum absolute atomic E-state index is 5.78. The third kappa shape index (κ3) is 3.86. The average Bonchev–Trinajstić information content (AvgIpc) is 2.39. The highest BCUT2D eigenvalue weighted by molar-refractivity contribution is 6.30. The Balaban J connectivity index is 1.73. The molecule has 4 heteroatoms. The van der Waals surface area contributed by atoms with E-state index >= 15 is 0 Å². The fourth-order valence-electron chi connectivity index (χ4n) is 1.41. The normalized spacial score (nSPS) is 10.1. The van der Waals surface area contributed by atoms with Crippen LogP contribution in [0.3, 0.4) is 0 Å². The largest absolute Gasteiger partial charge is 0.490 e. The molecule has 2 N–H and O–H groups in total. The van der Waals surface area contributed by atoms with Crippen molar-refractivity contribution in [2.24, 2.45) is 0 Å². The third-order valence-corrected chi connectivity index (χ3v) is 2.57. The SMILES string of the molecule is Nc1ccc(OCCOc2ccc(Cl)cc2)cc1. The number of halogens is 1. The molecule has 0 saturated carbocycles. The lowest BCUT2D eigenvalue weighted by molar-refractivity contribution is 0.217. The number of hydrogen-bond donors (Lipinski definition) is 1. The molecule has 0 atom stereocenters. The zero-order valence-electron chi connectivity index (χ0n) is 9.80. The van der Waals surface area contributed by atoms with Crippen molar-refractivity contribution in [3.05, 3.63) is 53.6 Å². The second kappa shape index (κ2) is 6.17. The highest BCUT2D eigenvalue weighted by Crippen LogP contribution is 2.16. The Morgan fingerprint density at radius 1 is 0.778 bits per heavy atom. The van der Waals surface area contributed by atoms with Gasteiger partial charge in [-0.05, 0) is 48.5 Å². The second-order valence-corrected chi connectivity index (χ2v) is 4.16. The van der Waals surface area contributed by atoms with Gasteiger partial charge in [0.05, 0.1) is 0 Å². The zero-order valence-corrected chi connectivity index (χ0v) is 10.6. The number of anilines is 1. The minimum atomic E-state index is 0.478. The van der Waals surface area contributed by atoms with E-state index in [1.165, 1.54) is 0 Å². The van der Waals surface area contributed by atoms with Gasteiger partial charge in [-0.2, -0.15) is 0 Å². The summed E-state index contributed by atoms with van der Waals surface area (Å²) in [5.41, 5.74) is 6.30. The van der Waals surface area contributed by atoms with Gasteiger partial charge < -0.3 is 15.2 Å². The molecule has 0 amide bonds. The number of nitrogens with two attached hydrogens (primary N) is 1. The minimum absolute atomic E-state index is 0.478. The molecule has 2 aromatic rings. The predicted octanol–water partition coefficient (Wildman–Crippen LogP) is 3.38. The van der Waals surface area contributed by atoms with E-state index in [1.807, 2.05) is 24.3 Å². The van der Waals surface area contributed by atoms with E-state index in [1.54, 1.807) is 24.3 Å². The Morgan fingerprint density at radius 3 is 1.72 bits per heavy atom. The molecule has 0 fully saturated rings. The number of nitrogen functional groups attached to an aromatic ring is 1. The molecular weight excluding hydrogens is 250 g/mol. The first-order valence-corrected chi connectivity index (χ1v) is 5.98. The monoisotopic (exact) mass is 263 g/mol. The van der Waals surface area contributed by atoms with Gasteiger partial charge >= 0.3 is 0 Å². The molecule has 0 radical (unpaired) electrons. The quantitative estimate of drug-likeness (QED) is 0.664. The minimum Gasteiger partial charge on any atom is -0.490 e. The van der Waals surface area contributed by atoms with Crippen LogP contribution in [0.4, 0.5) is 5.69 Å². The molecule has 0 unspecified atom stereocenters. The highest BCUT2D eigenvalue weighted by Gasteiger charge is 1.96. The van der Waals surface area contributed by atoms with E-state index in [4.69, 9.17) is 26.8 Å². The molecule has 2 rings (SSSR count). The maximum atomic E-state index is 5.78. The van der Waals surface area contributed by atoms with Crippen molar-refractivity contribution < 1.29 is 9.47 Å². The Morgan fingerprint density at radius 2 is 1.22 bits per heavy atom. The molecule has 18 heavy (non-hydrogen) atoms. The van der Waals surface area contributed by atoms with Crippen LogP contribution in [0.2, 0.25) is 5.02 Å². The average molecular weight is 264 g/mol. The van der Waals surface area contributed by atoms with Crippen LogP contribution in [-0.4, -0.2) is 13.2 Å². The lowest BCUT2D eigenvalue weighted by atomic mass is 10.3. The van der Waals surface area contributed by atoms with E-state index in [9.17, 15) is 0 Å². The van der Waals surface area contributed by atoms with Crippen LogP contribution in [0.5, 0.6) is 11.5 Å². The molecule has 0 aliphatic carbocycles. The third-order valence-electron chi connectivity index (χ3n) is 2.31. The predicted molar refractivity (Wildman–Crippen MR) is 73.3 cm³/mol. The molecule has 0 spiro atoms. The first-order valence-electron chi connectivity index (χ1n) is 5.61. The van der Waals surface area contributed by atoms with Crippen molar-refractivity contribution in [2.75, 3.05) is 18.9 Å². The van der Waals surface area contributed by atoms with Gasteiger partial charge in [0.2, 0.25) is 0 Å². The Hall–Kier alpha value is -1.87. The van der Waals surface area contributed by atoms with Crippen LogP contribution in [0, 0.1) is 0 Å². The Kier molecular flexibility index (Phi) is 4.31. The fraction of sp³-hybridized carbons (Fsp3) is 0.143. The van der Waals surface area contributed by atoms with Gasteiger partial charge in [0.15, 0.2) is 0 Å². The summed E-state index contributed by atoms with van der Waals surface area (Å²) in [6, 6.07) is 14.5. The van der Waals surface area contributed by atoms with E-state index in [0.29, 0.717) is 18.2 Å². The number of benzene rings is 2. The molecular formula is C14H14ClNO2. The van der Waals surface area contributed by atoms with Crippen molar-refractivity contribution in [1.29, 1.82) is 0 Å². The molecule has 0 bridgehead atoms. The van der Waals surface area contributed by atoms with Crippen LogP contribution in [0.25, 0.3) is 0 Å². The van der Waals surface area contributed by atoms with Crippen molar-refractivity contribution in [1.82, 2.24) is 0 Å². The van der Waals surface area contributed by atoms with Crippen LogP contribution in [0.15, 0.2) is 48.5 Å². The van der Waals surface area contributed by atoms with Gasteiger partial charge in [-0.15, -0.1) is 0 Å². The van der Waals surface area contributed by atoms with Crippen molar-refractivity contribution in [3.63, 3.8) is 0 Å². The van der Waals surface area contributed by atoms with E-state index in [2.05, 4.69) is 0 Å². The molecule has 94 valence electrons. The summed E-state index contributed by atoms with van der Waals surface area (Å²) in [5, 5.41) is 0.695. The van der Waals surface area contributed by atoms with E-state index in [0.717, 1.165) is 17.2 Å². The number of hydrogen-bond acceptors (Lipinski definition) is 3. The summed E-state index contributed by atoms with van der Waals surface area (Å²) in [6.07, 6.45) is 0. The summed E-state index contributed by atoms with van der Waals surface area (Å²) in [4.78, 5) is 0.